The van der Waals surface area contributed by atoms with Gasteiger partial charge in [0.1, 0.15) is 0 Å². The van der Waals surface area contributed by atoms with Crippen LogP contribution in [0, 0.1) is 0 Å². The normalized spacial score (nSPS) is 11.9. The summed E-state index contributed by atoms with van der Waals surface area (Å²) in [5, 5.41) is 5.01. The van der Waals surface area contributed by atoms with Gasteiger partial charge in [0.15, 0.2) is 17.3 Å². The van der Waals surface area contributed by atoms with E-state index in [0.717, 1.165) is 11.1 Å². The molecule has 4 aromatic rings. The van der Waals surface area contributed by atoms with E-state index in [4.69, 9.17) is 21.1 Å². The van der Waals surface area contributed by atoms with Gasteiger partial charge in [0.05, 0.1) is 18.8 Å². The average molecular weight is 400 g/mol. The van der Waals surface area contributed by atoms with Crippen LogP contribution in [0.2, 0.25) is 5.02 Å². The van der Waals surface area contributed by atoms with Gasteiger partial charge in [-0.2, -0.15) is 9.50 Å². The quantitative estimate of drug-likeness (QED) is 0.527. The maximum atomic E-state index is 12.6. The monoisotopic (exact) mass is 399 g/mol. The molecule has 8 heteroatoms. The van der Waals surface area contributed by atoms with E-state index in [1.54, 1.807) is 44.6 Å². The largest absolute Gasteiger partial charge is 0.493 e. The number of fused-ring (bicyclic) bond motifs is 1. The first-order chi connectivity index (χ1) is 13.1. The highest BCUT2D eigenvalue weighted by Crippen LogP contribution is 2.31. The van der Waals surface area contributed by atoms with Gasteiger partial charge in [-0.1, -0.05) is 35.1 Å². The van der Waals surface area contributed by atoms with Crippen LogP contribution in [0.15, 0.2) is 47.3 Å². The molecule has 0 radical (unpaired) electrons. The van der Waals surface area contributed by atoms with Gasteiger partial charge in [-0.3, -0.25) is 4.79 Å². The average Bonchev–Trinajstić information content (AvgIpc) is 3.23. The third-order valence-corrected chi connectivity index (χ3v) is 5.20. The molecule has 0 unspecified atom stereocenters. The summed E-state index contributed by atoms with van der Waals surface area (Å²) in [6, 6.07) is 12.7. The Morgan fingerprint density at radius 3 is 2.48 bits per heavy atom. The summed E-state index contributed by atoms with van der Waals surface area (Å²) in [7, 11) is 3.14. The van der Waals surface area contributed by atoms with Crippen molar-refractivity contribution < 1.29 is 9.47 Å². The highest BCUT2D eigenvalue weighted by Gasteiger charge is 2.14. The van der Waals surface area contributed by atoms with Crippen LogP contribution in [-0.2, 0) is 0 Å². The van der Waals surface area contributed by atoms with Crippen molar-refractivity contribution >= 4 is 34.0 Å². The van der Waals surface area contributed by atoms with E-state index in [0.29, 0.717) is 31.8 Å². The van der Waals surface area contributed by atoms with E-state index in [1.165, 1.54) is 15.9 Å². The standard InChI is InChI=1S/C19H14ClN3O3S/c1-25-14-8-5-12(10-15(14)26-2)17-21-19-23(22-17)18(24)16(27-19)9-11-3-6-13(20)7-4-11/h3-10H,1-2H3. The van der Waals surface area contributed by atoms with Crippen molar-refractivity contribution in [2.24, 2.45) is 0 Å². The maximum Gasteiger partial charge on any atom is 0.291 e. The molecule has 0 N–H and O–H groups in total. The Balaban J connectivity index is 1.77. The molecule has 0 aliphatic carbocycles. The molecule has 0 amide bonds. The van der Waals surface area contributed by atoms with Gasteiger partial charge in [-0.25, -0.2) is 0 Å². The highest BCUT2D eigenvalue weighted by molar-refractivity contribution is 7.15. The fourth-order valence-electron chi connectivity index (χ4n) is 2.64. The number of rotatable bonds is 4. The second-order valence-corrected chi connectivity index (χ2v) is 7.11. The van der Waals surface area contributed by atoms with Crippen LogP contribution in [0.4, 0.5) is 0 Å². The fraction of sp³-hybridized carbons (Fsp3) is 0.105. The number of halogens is 1. The molecule has 0 aliphatic heterocycles. The number of methoxy groups -OCH3 is 2. The van der Waals surface area contributed by atoms with Crippen LogP contribution in [-0.4, -0.2) is 28.8 Å². The lowest BCUT2D eigenvalue weighted by molar-refractivity contribution is 0.355. The zero-order chi connectivity index (χ0) is 19.0. The number of hydrogen-bond acceptors (Lipinski definition) is 6. The molecular formula is C19H14ClN3O3S. The number of ether oxygens (including phenoxy) is 2. The predicted octanol–water partition coefficient (Wildman–Crippen LogP) is 3.04. The summed E-state index contributed by atoms with van der Waals surface area (Å²) in [4.78, 5) is 17.7. The topological polar surface area (TPSA) is 65.7 Å². The lowest BCUT2D eigenvalue weighted by atomic mass is 10.2. The van der Waals surface area contributed by atoms with E-state index < -0.39 is 0 Å². The smallest absolute Gasteiger partial charge is 0.291 e. The Labute approximate surface area is 163 Å². The molecule has 0 bridgehead atoms. The number of benzene rings is 2. The van der Waals surface area contributed by atoms with E-state index >= 15 is 0 Å². The first-order valence-electron chi connectivity index (χ1n) is 7.98. The second kappa shape index (κ2) is 7.02. The van der Waals surface area contributed by atoms with Gasteiger partial charge in [0.25, 0.3) is 5.56 Å². The maximum absolute atomic E-state index is 12.6. The molecule has 0 aliphatic rings. The molecule has 2 aromatic heterocycles. The van der Waals surface area contributed by atoms with Crippen LogP contribution in [0.1, 0.15) is 5.56 Å². The molecule has 2 aromatic carbocycles. The molecule has 136 valence electrons. The van der Waals surface area contributed by atoms with E-state index in [1.807, 2.05) is 18.2 Å². The Hall–Kier alpha value is -2.90. The minimum atomic E-state index is -0.204. The Morgan fingerprint density at radius 2 is 1.81 bits per heavy atom. The lowest BCUT2D eigenvalue weighted by Crippen LogP contribution is -2.23. The Bertz CT molecular complexity index is 1230. The number of thiazole rings is 1. The lowest BCUT2D eigenvalue weighted by Gasteiger charge is -2.07. The number of aromatic nitrogens is 3. The van der Waals surface area contributed by atoms with E-state index in [2.05, 4.69) is 10.1 Å². The minimum Gasteiger partial charge on any atom is -0.493 e. The van der Waals surface area contributed by atoms with Gasteiger partial charge >= 0.3 is 0 Å². The Kier molecular flexibility index (Phi) is 4.55. The Morgan fingerprint density at radius 1 is 1.07 bits per heavy atom. The minimum absolute atomic E-state index is 0.204. The number of hydrogen-bond donors (Lipinski definition) is 0. The molecule has 2 heterocycles. The zero-order valence-corrected chi connectivity index (χ0v) is 16.0. The SMILES string of the molecule is COc1ccc(-c2nc3sc(=Cc4ccc(Cl)cc4)c(=O)n3n2)cc1OC. The second-order valence-electron chi connectivity index (χ2n) is 5.67. The predicted molar refractivity (Wildman–Crippen MR) is 106 cm³/mol. The first kappa shape index (κ1) is 17.5. The number of nitrogens with zero attached hydrogens (tertiary/aromatic N) is 3. The summed E-state index contributed by atoms with van der Waals surface area (Å²) >= 11 is 7.18. The summed E-state index contributed by atoms with van der Waals surface area (Å²) < 4.78 is 12.4. The van der Waals surface area contributed by atoms with Crippen molar-refractivity contribution in [1.82, 2.24) is 14.6 Å². The van der Waals surface area contributed by atoms with Crippen LogP contribution in [0.25, 0.3) is 22.4 Å². The molecule has 0 fully saturated rings. The van der Waals surface area contributed by atoms with E-state index in [9.17, 15) is 4.79 Å². The van der Waals surface area contributed by atoms with Crippen LogP contribution < -0.4 is 19.6 Å². The van der Waals surface area contributed by atoms with Crippen molar-refractivity contribution in [3.8, 4) is 22.9 Å². The van der Waals surface area contributed by atoms with Crippen molar-refractivity contribution in [2.75, 3.05) is 14.2 Å². The van der Waals surface area contributed by atoms with Gasteiger partial charge in [0.2, 0.25) is 4.96 Å². The molecule has 0 atom stereocenters. The van der Waals surface area contributed by atoms with E-state index in [-0.39, 0.29) is 5.56 Å². The van der Waals surface area contributed by atoms with Crippen LogP contribution >= 0.6 is 22.9 Å². The molecule has 0 spiro atoms. The molecular weight excluding hydrogens is 386 g/mol. The molecule has 4 rings (SSSR count). The highest BCUT2D eigenvalue weighted by atomic mass is 35.5. The molecule has 6 nitrogen and oxygen atoms in total. The van der Waals surface area contributed by atoms with Crippen molar-refractivity contribution in [2.45, 2.75) is 0 Å². The summed E-state index contributed by atoms with van der Waals surface area (Å²) in [5.41, 5.74) is 1.43. The summed E-state index contributed by atoms with van der Waals surface area (Å²) in [6.07, 6.45) is 1.80. The summed E-state index contributed by atoms with van der Waals surface area (Å²) in [5.74, 6) is 1.65. The molecule has 0 saturated carbocycles. The van der Waals surface area contributed by atoms with Gasteiger partial charge in [-0.15, -0.1) is 5.10 Å². The van der Waals surface area contributed by atoms with Gasteiger partial charge in [0, 0.05) is 10.6 Å². The van der Waals surface area contributed by atoms with Crippen LogP contribution in [0.5, 0.6) is 11.5 Å². The third-order valence-electron chi connectivity index (χ3n) is 3.99. The van der Waals surface area contributed by atoms with Gasteiger partial charge in [-0.05, 0) is 42.0 Å². The first-order valence-corrected chi connectivity index (χ1v) is 9.18. The van der Waals surface area contributed by atoms with Crippen LogP contribution in [0.3, 0.4) is 0 Å². The fourth-order valence-corrected chi connectivity index (χ4v) is 3.68. The van der Waals surface area contributed by atoms with Crippen molar-refractivity contribution in [3.05, 3.63) is 67.9 Å². The summed E-state index contributed by atoms with van der Waals surface area (Å²) in [6.45, 7) is 0. The third kappa shape index (κ3) is 3.27. The van der Waals surface area contributed by atoms with Crippen molar-refractivity contribution in [3.63, 3.8) is 0 Å². The molecule has 27 heavy (non-hydrogen) atoms. The van der Waals surface area contributed by atoms with Gasteiger partial charge < -0.3 is 9.47 Å². The molecule has 0 saturated heterocycles. The zero-order valence-electron chi connectivity index (χ0n) is 14.5. The van der Waals surface area contributed by atoms with Crippen molar-refractivity contribution in [1.29, 1.82) is 0 Å².